The molecular weight excluding hydrogens is 290 g/mol. The van der Waals surface area contributed by atoms with Gasteiger partial charge in [0.15, 0.2) is 0 Å². The van der Waals surface area contributed by atoms with Gasteiger partial charge in [-0.15, -0.1) is 0 Å². The lowest BCUT2D eigenvalue weighted by atomic mass is 10.4. The van der Waals surface area contributed by atoms with E-state index in [2.05, 4.69) is 15.6 Å². The van der Waals surface area contributed by atoms with Crippen molar-refractivity contribution >= 4 is 22.6 Å². The van der Waals surface area contributed by atoms with Gasteiger partial charge in [0.25, 0.3) is 0 Å². The standard InChI is InChI=1S/C9H9F4N3O2S/c10-6-1-2-7(15-5-6)16-8(17)14-3-4-19(18)9(11,12)13/h1-2,5H,3-4H2,(H2,14,15,16,17). The summed E-state index contributed by atoms with van der Waals surface area (Å²) in [6.07, 6.45) is 0.869. The molecule has 1 unspecified atom stereocenters. The number of urea groups is 1. The minimum absolute atomic E-state index is 0.0378. The number of hydrogen-bond acceptors (Lipinski definition) is 3. The van der Waals surface area contributed by atoms with Gasteiger partial charge in [0.2, 0.25) is 0 Å². The zero-order valence-electron chi connectivity index (χ0n) is 9.33. The molecule has 0 fully saturated rings. The predicted octanol–water partition coefficient (Wildman–Crippen LogP) is 1.61. The van der Waals surface area contributed by atoms with Crippen LogP contribution in [0.3, 0.4) is 0 Å². The second-order valence-electron chi connectivity index (χ2n) is 3.24. The molecule has 0 aliphatic carbocycles. The predicted molar refractivity (Wildman–Crippen MR) is 60.3 cm³/mol. The van der Waals surface area contributed by atoms with Crippen molar-refractivity contribution in [2.75, 3.05) is 17.6 Å². The van der Waals surface area contributed by atoms with Crippen LogP contribution >= 0.6 is 0 Å². The number of carbonyl (C=O) groups is 1. The van der Waals surface area contributed by atoms with Gasteiger partial charge in [0.05, 0.1) is 6.20 Å². The minimum atomic E-state index is -4.79. The highest BCUT2D eigenvalue weighted by molar-refractivity contribution is 7.85. The first-order chi connectivity index (χ1) is 8.79. The molecule has 1 atom stereocenters. The molecule has 1 rings (SSSR count). The van der Waals surface area contributed by atoms with Gasteiger partial charge in [-0.3, -0.25) is 9.53 Å². The molecule has 106 valence electrons. The third-order valence-corrected chi connectivity index (χ3v) is 2.89. The minimum Gasteiger partial charge on any atom is -0.337 e. The molecule has 1 heterocycles. The summed E-state index contributed by atoms with van der Waals surface area (Å²) in [6, 6.07) is 1.42. The van der Waals surface area contributed by atoms with E-state index in [1.54, 1.807) is 0 Å². The fourth-order valence-corrected chi connectivity index (χ4v) is 1.50. The molecule has 2 N–H and O–H groups in total. The van der Waals surface area contributed by atoms with Crippen molar-refractivity contribution in [2.45, 2.75) is 5.51 Å². The van der Waals surface area contributed by atoms with Crippen LogP contribution in [0.1, 0.15) is 0 Å². The summed E-state index contributed by atoms with van der Waals surface area (Å²) >= 11 is 0. The maximum atomic E-state index is 12.5. The van der Waals surface area contributed by atoms with E-state index in [1.165, 1.54) is 6.07 Å². The first-order valence-corrected chi connectivity index (χ1v) is 6.22. The van der Waals surface area contributed by atoms with Gasteiger partial charge in [-0.05, 0) is 12.1 Å². The average molecular weight is 299 g/mol. The zero-order valence-corrected chi connectivity index (χ0v) is 10.1. The van der Waals surface area contributed by atoms with Gasteiger partial charge in [0, 0.05) is 12.3 Å². The van der Waals surface area contributed by atoms with Gasteiger partial charge in [-0.1, -0.05) is 0 Å². The third kappa shape index (κ3) is 5.64. The molecular formula is C9H9F4N3O2S. The van der Waals surface area contributed by atoms with E-state index in [9.17, 15) is 26.6 Å². The summed E-state index contributed by atoms with van der Waals surface area (Å²) in [5.74, 6) is -1.30. The molecule has 0 saturated heterocycles. The molecule has 1 aromatic heterocycles. The molecule has 0 aromatic carbocycles. The number of rotatable bonds is 4. The van der Waals surface area contributed by atoms with Crippen LogP contribution < -0.4 is 10.6 Å². The molecule has 0 saturated carbocycles. The number of pyridine rings is 1. The number of anilines is 1. The number of hydrogen-bond donors (Lipinski definition) is 2. The molecule has 2 amide bonds. The number of nitrogens with one attached hydrogen (secondary N) is 2. The van der Waals surface area contributed by atoms with Crippen molar-refractivity contribution in [3.63, 3.8) is 0 Å². The van der Waals surface area contributed by atoms with E-state index < -0.39 is 40.5 Å². The highest BCUT2D eigenvalue weighted by atomic mass is 32.2. The van der Waals surface area contributed by atoms with E-state index >= 15 is 0 Å². The monoisotopic (exact) mass is 299 g/mol. The number of carbonyl (C=O) groups excluding carboxylic acids is 1. The molecule has 0 radical (unpaired) electrons. The highest BCUT2D eigenvalue weighted by Crippen LogP contribution is 2.19. The Balaban J connectivity index is 2.33. The Labute approximate surface area is 107 Å². The lowest BCUT2D eigenvalue weighted by Crippen LogP contribution is -2.34. The fourth-order valence-electron chi connectivity index (χ4n) is 0.983. The Hall–Kier alpha value is -1.71. The van der Waals surface area contributed by atoms with Crippen LogP contribution in [0.15, 0.2) is 18.3 Å². The zero-order chi connectivity index (χ0) is 14.5. The van der Waals surface area contributed by atoms with Crippen LogP contribution in [0.25, 0.3) is 0 Å². The molecule has 0 aliphatic rings. The van der Waals surface area contributed by atoms with Crippen LogP contribution in [0.4, 0.5) is 28.2 Å². The summed E-state index contributed by atoms with van der Waals surface area (Å²) in [6.45, 7) is -0.418. The molecule has 19 heavy (non-hydrogen) atoms. The van der Waals surface area contributed by atoms with Crippen molar-refractivity contribution < 1.29 is 26.6 Å². The summed E-state index contributed by atoms with van der Waals surface area (Å²) < 4.78 is 58.8. The maximum Gasteiger partial charge on any atom is 0.471 e. The van der Waals surface area contributed by atoms with E-state index in [1.807, 2.05) is 0 Å². The number of nitrogens with zero attached hydrogens (tertiary/aromatic N) is 1. The first-order valence-electron chi connectivity index (χ1n) is 4.90. The Morgan fingerprint density at radius 2 is 2.05 bits per heavy atom. The van der Waals surface area contributed by atoms with E-state index in [-0.39, 0.29) is 5.82 Å². The number of alkyl halides is 3. The van der Waals surface area contributed by atoms with Crippen LogP contribution in [0.5, 0.6) is 0 Å². The van der Waals surface area contributed by atoms with Gasteiger partial charge in [-0.25, -0.2) is 14.2 Å². The second kappa shape index (κ2) is 6.45. The van der Waals surface area contributed by atoms with Crippen LogP contribution in [0.2, 0.25) is 0 Å². The van der Waals surface area contributed by atoms with Gasteiger partial charge >= 0.3 is 11.5 Å². The molecule has 10 heteroatoms. The van der Waals surface area contributed by atoms with E-state index in [0.29, 0.717) is 0 Å². The number of aromatic nitrogens is 1. The topological polar surface area (TPSA) is 71.1 Å². The molecule has 0 aliphatic heterocycles. The summed E-state index contributed by atoms with van der Waals surface area (Å²) in [5, 5.41) is 4.25. The summed E-state index contributed by atoms with van der Waals surface area (Å²) in [5.41, 5.74) is -4.79. The van der Waals surface area contributed by atoms with E-state index in [4.69, 9.17) is 0 Å². The smallest absolute Gasteiger partial charge is 0.337 e. The van der Waals surface area contributed by atoms with Crippen LogP contribution in [0, 0.1) is 5.82 Å². The summed E-state index contributed by atoms with van der Waals surface area (Å²) in [4.78, 5) is 14.7. The lowest BCUT2D eigenvalue weighted by molar-refractivity contribution is -0.0383. The van der Waals surface area contributed by atoms with Gasteiger partial charge in [-0.2, -0.15) is 13.2 Å². The van der Waals surface area contributed by atoms with Crippen molar-refractivity contribution in [3.8, 4) is 0 Å². The van der Waals surface area contributed by atoms with E-state index in [0.717, 1.165) is 12.3 Å². The first kappa shape index (κ1) is 15.3. The Bertz CT molecular complexity index is 464. The normalized spacial score (nSPS) is 12.8. The van der Waals surface area contributed by atoms with Crippen molar-refractivity contribution in [1.82, 2.24) is 10.3 Å². The van der Waals surface area contributed by atoms with Crippen LogP contribution in [-0.4, -0.2) is 33.0 Å². The SMILES string of the molecule is O=C(NCCS(=O)C(F)(F)F)Nc1ccc(F)cn1. The van der Waals surface area contributed by atoms with Gasteiger partial charge < -0.3 is 5.32 Å². The molecule has 0 spiro atoms. The largest absolute Gasteiger partial charge is 0.471 e. The highest BCUT2D eigenvalue weighted by Gasteiger charge is 2.36. The Kier molecular flexibility index (Phi) is 5.21. The van der Waals surface area contributed by atoms with Crippen LogP contribution in [-0.2, 0) is 10.8 Å². The lowest BCUT2D eigenvalue weighted by Gasteiger charge is -2.08. The summed E-state index contributed by atoms with van der Waals surface area (Å²) in [7, 11) is -3.01. The fraction of sp³-hybridized carbons (Fsp3) is 0.333. The van der Waals surface area contributed by atoms with Crippen molar-refractivity contribution in [1.29, 1.82) is 0 Å². The average Bonchev–Trinajstić information content (AvgIpc) is 2.31. The molecule has 1 aromatic rings. The molecule has 0 bridgehead atoms. The Morgan fingerprint density at radius 1 is 1.37 bits per heavy atom. The van der Waals surface area contributed by atoms with Gasteiger partial charge in [0.1, 0.15) is 22.4 Å². The second-order valence-corrected chi connectivity index (χ2v) is 4.80. The maximum absolute atomic E-state index is 12.5. The van der Waals surface area contributed by atoms with Crippen molar-refractivity contribution in [2.24, 2.45) is 0 Å². The third-order valence-electron chi connectivity index (χ3n) is 1.80. The van der Waals surface area contributed by atoms with Crippen molar-refractivity contribution in [3.05, 3.63) is 24.1 Å². The Morgan fingerprint density at radius 3 is 2.58 bits per heavy atom. The number of halogens is 4. The molecule has 5 nitrogen and oxygen atoms in total. The number of amides is 2. The quantitative estimate of drug-likeness (QED) is 0.830.